The second kappa shape index (κ2) is 6.92. The maximum Gasteiger partial charge on any atom is 0.289 e. The highest BCUT2D eigenvalue weighted by Crippen LogP contribution is 2.34. The van der Waals surface area contributed by atoms with Gasteiger partial charge in [-0.2, -0.15) is 0 Å². The van der Waals surface area contributed by atoms with E-state index in [0.29, 0.717) is 37.6 Å². The fourth-order valence-corrected chi connectivity index (χ4v) is 3.73. The molecule has 2 amide bonds. The van der Waals surface area contributed by atoms with Crippen LogP contribution in [0, 0.1) is 18.8 Å². The van der Waals surface area contributed by atoms with Crippen LogP contribution in [0.2, 0.25) is 0 Å². The van der Waals surface area contributed by atoms with Crippen molar-refractivity contribution in [3.05, 3.63) is 53.7 Å². The number of aryl methyl sites for hydroxylation is 1. The van der Waals surface area contributed by atoms with Crippen LogP contribution in [0.5, 0.6) is 0 Å². The lowest BCUT2D eigenvalue weighted by Crippen LogP contribution is -2.35. The molecule has 1 N–H and O–H groups in total. The number of carbonyl (C=O) groups excluding carboxylic acids is 2. The van der Waals surface area contributed by atoms with E-state index in [1.54, 1.807) is 35.5 Å². The molecule has 2 fully saturated rings. The Bertz CT molecular complexity index is 804. The first-order chi connectivity index (χ1) is 12.6. The van der Waals surface area contributed by atoms with Gasteiger partial charge >= 0.3 is 0 Å². The predicted octanol–water partition coefficient (Wildman–Crippen LogP) is 1.50. The Morgan fingerprint density at radius 1 is 1.35 bits per heavy atom. The molecular formula is C19H21N3O4. The van der Waals surface area contributed by atoms with Crippen molar-refractivity contribution < 1.29 is 18.7 Å². The fourth-order valence-electron chi connectivity index (χ4n) is 3.73. The van der Waals surface area contributed by atoms with Gasteiger partial charge in [-0.3, -0.25) is 14.6 Å². The van der Waals surface area contributed by atoms with Gasteiger partial charge in [0.05, 0.1) is 24.5 Å². The first-order valence-corrected chi connectivity index (χ1v) is 8.76. The normalized spacial score (nSPS) is 24.5. The lowest BCUT2D eigenvalue weighted by molar-refractivity contribution is 0.0648. The minimum atomic E-state index is -0.140. The molecule has 2 aliphatic rings. The van der Waals surface area contributed by atoms with Crippen LogP contribution in [0.4, 0.5) is 0 Å². The highest BCUT2D eigenvalue weighted by molar-refractivity contribution is 5.94. The molecule has 7 nitrogen and oxygen atoms in total. The lowest BCUT2D eigenvalue weighted by Gasteiger charge is -2.19. The highest BCUT2D eigenvalue weighted by Gasteiger charge is 2.45. The van der Waals surface area contributed by atoms with Crippen LogP contribution in [-0.4, -0.2) is 54.0 Å². The van der Waals surface area contributed by atoms with Crippen molar-refractivity contribution >= 4 is 11.8 Å². The molecule has 2 aromatic heterocycles. The van der Waals surface area contributed by atoms with E-state index in [1.165, 1.54) is 6.26 Å². The molecule has 4 rings (SSSR count). The summed E-state index contributed by atoms with van der Waals surface area (Å²) in [4.78, 5) is 30.6. The number of hydrogen-bond donors (Lipinski definition) is 1. The Labute approximate surface area is 151 Å². The first kappa shape index (κ1) is 16.8. The average molecular weight is 355 g/mol. The van der Waals surface area contributed by atoms with Crippen molar-refractivity contribution in [1.29, 1.82) is 0 Å². The summed E-state index contributed by atoms with van der Waals surface area (Å²) >= 11 is 0. The van der Waals surface area contributed by atoms with Crippen molar-refractivity contribution in [2.24, 2.45) is 11.8 Å². The first-order valence-electron chi connectivity index (χ1n) is 8.76. The summed E-state index contributed by atoms with van der Waals surface area (Å²) in [5, 5.41) is 2.95. The Morgan fingerprint density at radius 2 is 2.23 bits per heavy atom. The van der Waals surface area contributed by atoms with Gasteiger partial charge in [-0.15, -0.1) is 0 Å². The molecule has 0 unspecified atom stereocenters. The zero-order valence-corrected chi connectivity index (χ0v) is 14.6. The molecule has 4 heterocycles. The fraction of sp³-hybridized carbons (Fsp3) is 0.421. The number of carbonyl (C=O) groups is 2. The molecule has 2 aliphatic heterocycles. The summed E-state index contributed by atoms with van der Waals surface area (Å²) in [5.74, 6) is 0.577. The number of hydrogen-bond acceptors (Lipinski definition) is 5. The smallest absolute Gasteiger partial charge is 0.289 e. The SMILES string of the molecule is Cc1ccoc1C(=O)N1C[C@@H]2[C@@H](CNC(=O)c3cccnc3)CO[C@@H]2C1. The Hall–Kier alpha value is -2.67. The largest absolute Gasteiger partial charge is 0.459 e. The highest BCUT2D eigenvalue weighted by atomic mass is 16.5. The number of nitrogens with zero attached hydrogens (tertiary/aromatic N) is 2. The van der Waals surface area contributed by atoms with Crippen molar-refractivity contribution in [2.45, 2.75) is 13.0 Å². The summed E-state index contributed by atoms with van der Waals surface area (Å²) in [6, 6.07) is 5.26. The van der Waals surface area contributed by atoms with Gasteiger partial charge in [0.1, 0.15) is 0 Å². The van der Waals surface area contributed by atoms with Crippen LogP contribution in [0.1, 0.15) is 26.5 Å². The van der Waals surface area contributed by atoms with Crippen LogP contribution in [0.15, 0.2) is 41.3 Å². The third-order valence-corrected chi connectivity index (χ3v) is 5.23. The quantitative estimate of drug-likeness (QED) is 0.898. The van der Waals surface area contributed by atoms with Gasteiger partial charge in [0.15, 0.2) is 5.76 Å². The van der Waals surface area contributed by atoms with Crippen LogP contribution < -0.4 is 5.32 Å². The third-order valence-electron chi connectivity index (χ3n) is 5.23. The van der Waals surface area contributed by atoms with Crippen LogP contribution in [0.3, 0.4) is 0 Å². The van der Waals surface area contributed by atoms with E-state index in [0.717, 1.165) is 5.56 Å². The van der Waals surface area contributed by atoms with Gasteiger partial charge in [-0.1, -0.05) is 0 Å². The van der Waals surface area contributed by atoms with Crippen molar-refractivity contribution in [2.75, 3.05) is 26.2 Å². The summed E-state index contributed by atoms with van der Waals surface area (Å²) in [5.41, 5.74) is 1.38. The molecule has 0 saturated carbocycles. The summed E-state index contributed by atoms with van der Waals surface area (Å²) < 4.78 is 11.2. The molecule has 0 spiro atoms. The maximum atomic E-state index is 12.6. The van der Waals surface area contributed by atoms with Crippen LogP contribution in [-0.2, 0) is 4.74 Å². The van der Waals surface area contributed by atoms with Crippen molar-refractivity contribution in [3.8, 4) is 0 Å². The van der Waals surface area contributed by atoms with Gasteiger partial charge in [-0.05, 0) is 25.1 Å². The average Bonchev–Trinajstić information content (AvgIpc) is 3.36. The van der Waals surface area contributed by atoms with E-state index in [1.807, 2.05) is 6.92 Å². The molecule has 26 heavy (non-hydrogen) atoms. The molecule has 0 aromatic carbocycles. The Balaban J connectivity index is 1.35. The van der Waals surface area contributed by atoms with Crippen LogP contribution >= 0.6 is 0 Å². The van der Waals surface area contributed by atoms with E-state index in [4.69, 9.17) is 9.15 Å². The minimum Gasteiger partial charge on any atom is -0.459 e. The molecule has 0 radical (unpaired) electrons. The second-order valence-corrected chi connectivity index (χ2v) is 6.89. The number of fused-ring (bicyclic) bond motifs is 1. The molecule has 3 atom stereocenters. The Morgan fingerprint density at radius 3 is 2.96 bits per heavy atom. The van der Waals surface area contributed by atoms with Crippen molar-refractivity contribution in [3.63, 3.8) is 0 Å². The number of likely N-dealkylation sites (tertiary alicyclic amines) is 1. The molecule has 2 aromatic rings. The molecule has 0 aliphatic carbocycles. The van der Waals surface area contributed by atoms with Gasteiger partial charge < -0.3 is 19.4 Å². The van der Waals surface area contributed by atoms with E-state index < -0.39 is 0 Å². The van der Waals surface area contributed by atoms with Crippen molar-refractivity contribution in [1.82, 2.24) is 15.2 Å². The lowest BCUT2D eigenvalue weighted by atomic mass is 9.93. The van der Waals surface area contributed by atoms with E-state index in [2.05, 4.69) is 10.3 Å². The Kier molecular flexibility index (Phi) is 4.46. The zero-order chi connectivity index (χ0) is 18.1. The monoisotopic (exact) mass is 355 g/mol. The number of rotatable bonds is 4. The topological polar surface area (TPSA) is 84.7 Å². The molecule has 0 bridgehead atoms. The summed E-state index contributed by atoms with van der Waals surface area (Å²) in [7, 11) is 0. The maximum absolute atomic E-state index is 12.6. The van der Waals surface area contributed by atoms with E-state index in [-0.39, 0.29) is 29.8 Å². The van der Waals surface area contributed by atoms with Gasteiger partial charge in [0.25, 0.3) is 11.8 Å². The summed E-state index contributed by atoms with van der Waals surface area (Å²) in [6.07, 6.45) is 4.74. The molecule has 136 valence electrons. The van der Waals surface area contributed by atoms with E-state index >= 15 is 0 Å². The number of pyridine rings is 1. The number of ether oxygens (including phenoxy) is 1. The number of furan rings is 1. The zero-order valence-electron chi connectivity index (χ0n) is 14.6. The number of aromatic nitrogens is 1. The van der Waals surface area contributed by atoms with Crippen LogP contribution in [0.25, 0.3) is 0 Å². The van der Waals surface area contributed by atoms with Gasteiger partial charge in [0, 0.05) is 49.4 Å². The number of amides is 2. The predicted molar refractivity (Wildman–Crippen MR) is 92.6 cm³/mol. The van der Waals surface area contributed by atoms with Gasteiger partial charge in [-0.25, -0.2) is 0 Å². The molecule has 2 saturated heterocycles. The standard InChI is InChI=1S/C19H21N3O4/c1-12-4-6-25-17(12)19(24)22-9-15-14(11-26-16(15)10-22)8-21-18(23)13-3-2-5-20-7-13/h2-7,14-16H,8-11H2,1H3,(H,21,23)/t14-,15+,16+/m0/s1. The number of nitrogens with one attached hydrogen (secondary N) is 1. The summed E-state index contributed by atoms with van der Waals surface area (Å²) in [6.45, 7) is 4.18. The second-order valence-electron chi connectivity index (χ2n) is 6.89. The van der Waals surface area contributed by atoms with Gasteiger partial charge in [0.2, 0.25) is 0 Å². The molecular weight excluding hydrogens is 334 g/mol. The third kappa shape index (κ3) is 3.10. The minimum absolute atomic E-state index is 0.0227. The molecule has 7 heteroatoms. The van der Waals surface area contributed by atoms with E-state index in [9.17, 15) is 9.59 Å².